The van der Waals surface area contributed by atoms with Gasteiger partial charge in [-0.05, 0) is 30.3 Å². The zero-order valence-electron chi connectivity index (χ0n) is 9.34. The molecule has 0 amide bonds. The average molecular weight is 264 g/mol. The van der Waals surface area contributed by atoms with Crippen molar-refractivity contribution >= 4 is 17.6 Å². The van der Waals surface area contributed by atoms with Crippen molar-refractivity contribution in [3.8, 4) is 5.75 Å². The maximum Gasteiger partial charge on any atom is 0.337 e. The van der Waals surface area contributed by atoms with Crippen LogP contribution in [0, 0.1) is 0 Å². The molecule has 0 saturated heterocycles. The number of hydrogen-bond donors (Lipinski definition) is 1. The third-order valence-electron chi connectivity index (χ3n) is 2.26. The molecule has 0 aliphatic rings. The maximum atomic E-state index is 10.8. The van der Waals surface area contributed by atoms with E-state index in [4.69, 9.17) is 21.4 Å². The van der Waals surface area contributed by atoms with Crippen molar-refractivity contribution in [2.45, 2.75) is 6.61 Å². The van der Waals surface area contributed by atoms with Crippen molar-refractivity contribution in [1.29, 1.82) is 0 Å². The van der Waals surface area contributed by atoms with E-state index in [1.54, 1.807) is 30.5 Å². The molecule has 0 aliphatic carbocycles. The van der Waals surface area contributed by atoms with Gasteiger partial charge in [-0.25, -0.2) is 4.79 Å². The maximum absolute atomic E-state index is 10.8. The predicted octanol–water partition coefficient (Wildman–Crippen LogP) is 3.01. The van der Waals surface area contributed by atoms with Crippen LogP contribution in [0.2, 0.25) is 5.02 Å². The Kier molecular flexibility index (Phi) is 3.79. The molecule has 0 fully saturated rings. The molecule has 0 radical (unpaired) electrons. The van der Waals surface area contributed by atoms with Gasteiger partial charge in [0.25, 0.3) is 0 Å². The van der Waals surface area contributed by atoms with Gasteiger partial charge in [0.15, 0.2) is 0 Å². The Morgan fingerprint density at radius 3 is 2.67 bits per heavy atom. The highest BCUT2D eigenvalue weighted by Crippen LogP contribution is 2.16. The molecule has 4 nitrogen and oxygen atoms in total. The fourth-order valence-electron chi connectivity index (χ4n) is 1.38. The van der Waals surface area contributed by atoms with Gasteiger partial charge in [-0.2, -0.15) is 0 Å². The second-order valence-electron chi connectivity index (χ2n) is 3.63. The Hall–Kier alpha value is -2.07. The summed E-state index contributed by atoms with van der Waals surface area (Å²) in [7, 11) is 0. The molecule has 1 aromatic carbocycles. The summed E-state index contributed by atoms with van der Waals surface area (Å²) in [5.74, 6) is -0.337. The van der Waals surface area contributed by atoms with Gasteiger partial charge in [0.1, 0.15) is 12.4 Å². The molecule has 0 saturated carbocycles. The van der Waals surface area contributed by atoms with E-state index in [2.05, 4.69) is 4.98 Å². The second-order valence-corrected chi connectivity index (χ2v) is 4.07. The van der Waals surface area contributed by atoms with E-state index < -0.39 is 5.97 Å². The SMILES string of the molecule is O=C(O)c1cncc(COc2ccc(Cl)cc2)c1. The molecule has 92 valence electrons. The smallest absolute Gasteiger partial charge is 0.337 e. The number of rotatable bonds is 4. The topological polar surface area (TPSA) is 59.4 Å². The van der Waals surface area contributed by atoms with Crippen molar-refractivity contribution in [3.63, 3.8) is 0 Å². The van der Waals surface area contributed by atoms with E-state index in [0.717, 1.165) is 0 Å². The highest BCUT2D eigenvalue weighted by Gasteiger charge is 2.04. The summed E-state index contributed by atoms with van der Waals surface area (Å²) in [6.07, 6.45) is 2.87. The van der Waals surface area contributed by atoms with Crippen LogP contribution in [0.25, 0.3) is 0 Å². The van der Waals surface area contributed by atoms with Gasteiger partial charge in [-0.1, -0.05) is 11.6 Å². The molecule has 1 aromatic heterocycles. The fraction of sp³-hybridized carbons (Fsp3) is 0.0769. The zero-order chi connectivity index (χ0) is 13.0. The number of pyridine rings is 1. The van der Waals surface area contributed by atoms with Crippen LogP contribution >= 0.6 is 11.6 Å². The Bertz CT molecular complexity index is 554. The van der Waals surface area contributed by atoms with E-state index in [1.807, 2.05) is 0 Å². The highest BCUT2D eigenvalue weighted by molar-refractivity contribution is 6.30. The number of carbonyl (C=O) groups is 1. The second kappa shape index (κ2) is 5.51. The lowest BCUT2D eigenvalue weighted by Crippen LogP contribution is -2.01. The largest absolute Gasteiger partial charge is 0.489 e. The molecule has 1 heterocycles. The first-order chi connectivity index (χ1) is 8.65. The number of carboxylic acid groups (broad SMARTS) is 1. The van der Waals surface area contributed by atoms with E-state index in [-0.39, 0.29) is 12.2 Å². The van der Waals surface area contributed by atoms with Crippen LogP contribution in [0.5, 0.6) is 5.75 Å². The van der Waals surface area contributed by atoms with Crippen LogP contribution in [0.4, 0.5) is 0 Å². The Balaban J connectivity index is 2.04. The number of hydrogen-bond acceptors (Lipinski definition) is 3. The lowest BCUT2D eigenvalue weighted by atomic mass is 10.2. The minimum absolute atomic E-state index is 0.146. The van der Waals surface area contributed by atoms with E-state index in [9.17, 15) is 4.79 Å². The predicted molar refractivity (Wildman–Crippen MR) is 67.0 cm³/mol. The number of benzene rings is 1. The molecule has 0 aliphatic heterocycles. The summed E-state index contributed by atoms with van der Waals surface area (Å²) in [4.78, 5) is 14.6. The molecule has 0 unspecified atom stereocenters. The van der Waals surface area contributed by atoms with Gasteiger partial charge in [0.2, 0.25) is 0 Å². The molecule has 5 heteroatoms. The van der Waals surface area contributed by atoms with Gasteiger partial charge >= 0.3 is 5.97 Å². The number of aromatic carboxylic acids is 1. The lowest BCUT2D eigenvalue weighted by Gasteiger charge is -2.06. The van der Waals surface area contributed by atoms with Crippen LogP contribution in [0.15, 0.2) is 42.7 Å². The van der Waals surface area contributed by atoms with Crippen LogP contribution in [0.3, 0.4) is 0 Å². The molecular weight excluding hydrogens is 254 g/mol. The molecule has 2 aromatic rings. The van der Waals surface area contributed by atoms with E-state index in [0.29, 0.717) is 16.3 Å². The number of aromatic nitrogens is 1. The van der Waals surface area contributed by atoms with E-state index in [1.165, 1.54) is 12.3 Å². The highest BCUT2D eigenvalue weighted by atomic mass is 35.5. The normalized spacial score (nSPS) is 10.1. The standard InChI is InChI=1S/C13H10ClNO3/c14-11-1-3-12(4-2-11)18-8-9-5-10(13(16)17)7-15-6-9/h1-7H,8H2,(H,16,17). The van der Waals surface area contributed by atoms with Crippen molar-refractivity contribution in [3.05, 3.63) is 58.9 Å². The quantitative estimate of drug-likeness (QED) is 0.921. The van der Waals surface area contributed by atoms with Crippen LogP contribution in [-0.2, 0) is 6.61 Å². The first-order valence-electron chi connectivity index (χ1n) is 5.21. The monoisotopic (exact) mass is 263 g/mol. The molecular formula is C13H10ClNO3. The summed E-state index contributed by atoms with van der Waals surface area (Å²) in [5.41, 5.74) is 0.844. The van der Waals surface area contributed by atoms with Crippen molar-refractivity contribution in [1.82, 2.24) is 4.98 Å². The lowest BCUT2D eigenvalue weighted by molar-refractivity contribution is 0.0696. The van der Waals surface area contributed by atoms with Crippen molar-refractivity contribution in [2.75, 3.05) is 0 Å². The molecule has 0 atom stereocenters. The number of carboxylic acids is 1. The minimum atomic E-state index is -1.00. The summed E-state index contributed by atoms with van der Waals surface area (Å²) in [6, 6.07) is 8.48. The van der Waals surface area contributed by atoms with Crippen LogP contribution in [0.1, 0.15) is 15.9 Å². The third-order valence-corrected chi connectivity index (χ3v) is 2.51. The fourth-order valence-corrected chi connectivity index (χ4v) is 1.51. The first-order valence-corrected chi connectivity index (χ1v) is 5.58. The summed E-state index contributed by atoms with van der Waals surface area (Å²) in [5, 5.41) is 9.47. The van der Waals surface area contributed by atoms with Crippen LogP contribution in [-0.4, -0.2) is 16.1 Å². The van der Waals surface area contributed by atoms with Gasteiger partial charge in [0, 0.05) is 23.0 Å². The zero-order valence-corrected chi connectivity index (χ0v) is 10.1. The van der Waals surface area contributed by atoms with Crippen LogP contribution < -0.4 is 4.74 Å². The van der Waals surface area contributed by atoms with Crippen molar-refractivity contribution < 1.29 is 14.6 Å². The molecule has 0 spiro atoms. The molecule has 1 N–H and O–H groups in total. The molecule has 2 rings (SSSR count). The number of halogens is 1. The van der Waals surface area contributed by atoms with Crippen molar-refractivity contribution in [2.24, 2.45) is 0 Å². The Labute approximate surface area is 109 Å². The number of nitrogens with zero attached hydrogens (tertiary/aromatic N) is 1. The van der Waals surface area contributed by atoms with Gasteiger partial charge in [0.05, 0.1) is 5.56 Å². The minimum Gasteiger partial charge on any atom is -0.489 e. The number of ether oxygens (including phenoxy) is 1. The molecule has 18 heavy (non-hydrogen) atoms. The summed E-state index contributed by atoms with van der Waals surface area (Å²) in [6.45, 7) is 0.260. The van der Waals surface area contributed by atoms with Gasteiger partial charge in [-0.15, -0.1) is 0 Å². The third kappa shape index (κ3) is 3.21. The van der Waals surface area contributed by atoms with E-state index >= 15 is 0 Å². The molecule has 0 bridgehead atoms. The summed E-state index contributed by atoms with van der Waals surface area (Å²) >= 11 is 5.75. The van der Waals surface area contributed by atoms with Gasteiger partial charge in [-0.3, -0.25) is 4.98 Å². The Morgan fingerprint density at radius 1 is 1.28 bits per heavy atom. The first kappa shape index (κ1) is 12.4. The van der Waals surface area contributed by atoms with Gasteiger partial charge < -0.3 is 9.84 Å². The Morgan fingerprint density at radius 2 is 2.00 bits per heavy atom. The average Bonchev–Trinajstić information content (AvgIpc) is 2.38. The summed E-state index contributed by atoms with van der Waals surface area (Å²) < 4.78 is 5.49.